The molecular weight excluding hydrogens is 517 g/mol. The average molecular weight is 543 g/mol. The molecule has 5 nitrogen and oxygen atoms in total. The van der Waals surface area contributed by atoms with Crippen LogP contribution in [0.15, 0.2) is 102 Å². The highest BCUT2D eigenvalue weighted by Gasteiger charge is 2.30. The maximum absolute atomic E-state index is 13.4. The van der Waals surface area contributed by atoms with Gasteiger partial charge in [0.05, 0.1) is 19.2 Å². The highest BCUT2D eigenvalue weighted by Crippen LogP contribution is 2.34. The van der Waals surface area contributed by atoms with Crippen molar-refractivity contribution >= 4 is 16.7 Å². The zero-order chi connectivity index (χ0) is 28.4. The van der Waals surface area contributed by atoms with Crippen molar-refractivity contribution < 1.29 is 22.7 Å². The number of nitrogens with zero attached hydrogens (tertiary/aromatic N) is 1. The summed E-state index contributed by atoms with van der Waals surface area (Å²) in [4.78, 5) is 26.8. The molecule has 0 aliphatic rings. The van der Waals surface area contributed by atoms with Crippen molar-refractivity contribution in [1.82, 2.24) is 9.88 Å². The van der Waals surface area contributed by atoms with Crippen LogP contribution in [0.5, 0.6) is 5.75 Å². The minimum atomic E-state index is -4.45. The number of aromatic nitrogens is 1. The summed E-state index contributed by atoms with van der Waals surface area (Å²) in [7, 11) is 3.22. The summed E-state index contributed by atoms with van der Waals surface area (Å²) in [5.74, 6) is 0.172. The Morgan fingerprint density at radius 3 is 2.20 bits per heavy atom. The van der Waals surface area contributed by atoms with E-state index in [2.05, 4.69) is 5.32 Å². The molecule has 4 aromatic carbocycles. The molecular formula is C32H25F3N2O3. The summed E-state index contributed by atoms with van der Waals surface area (Å²) in [6, 6.07) is 26.2. The second kappa shape index (κ2) is 10.7. The van der Waals surface area contributed by atoms with E-state index in [9.17, 15) is 22.8 Å². The van der Waals surface area contributed by atoms with Gasteiger partial charge in [-0.25, -0.2) is 0 Å². The number of fused-ring (bicyclic) bond motifs is 1. The van der Waals surface area contributed by atoms with Crippen LogP contribution in [0.1, 0.15) is 21.6 Å². The topological polar surface area (TPSA) is 60.3 Å². The number of carbonyl (C=O) groups excluding carboxylic acids is 1. The number of hydrogen-bond acceptors (Lipinski definition) is 3. The van der Waals surface area contributed by atoms with Gasteiger partial charge in [-0.05, 0) is 53.1 Å². The molecule has 5 rings (SSSR count). The molecule has 0 unspecified atom stereocenters. The fourth-order valence-corrected chi connectivity index (χ4v) is 4.83. The summed E-state index contributed by atoms with van der Waals surface area (Å²) in [5, 5.41) is 4.14. The van der Waals surface area contributed by atoms with Crippen LogP contribution in [-0.4, -0.2) is 17.6 Å². The van der Waals surface area contributed by atoms with Gasteiger partial charge in [-0.3, -0.25) is 9.59 Å². The van der Waals surface area contributed by atoms with Crippen LogP contribution in [0.2, 0.25) is 0 Å². The Balaban J connectivity index is 1.55. The first-order valence-electron chi connectivity index (χ1n) is 12.5. The maximum Gasteiger partial charge on any atom is 0.416 e. The minimum Gasteiger partial charge on any atom is -0.497 e. The molecule has 0 radical (unpaired) electrons. The van der Waals surface area contributed by atoms with Crippen LogP contribution in [0.4, 0.5) is 13.2 Å². The number of carbonyl (C=O) groups is 1. The summed E-state index contributed by atoms with van der Waals surface area (Å²) in [6.45, 7) is 0.0310. The number of rotatable bonds is 6. The first-order chi connectivity index (χ1) is 19.2. The van der Waals surface area contributed by atoms with E-state index in [0.717, 1.165) is 23.3 Å². The number of ether oxygens (including phenoxy) is 1. The van der Waals surface area contributed by atoms with E-state index in [1.807, 2.05) is 36.4 Å². The van der Waals surface area contributed by atoms with Gasteiger partial charge in [0.15, 0.2) is 0 Å². The number of benzene rings is 4. The lowest BCUT2D eigenvalue weighted by Crippen LogP contribution is -2.29. The van der Waals surface area contributed by atoms with Gasteiger partial charge in [0, 0.05) is 34.6 Å². The first-order valence-corrected chi connectivity index (χ1v) is 12.5. The molecule has 0 spiro atoms. The SMILES string of the molecule is COc1ccc2c(=O)n(C)c(CNC(=O)c3ccccc3-c3ccc(C(F)(F)F)cc3)c(-c3ccccc3)c2c1. The molecule has 1 amide bonds. The molecule has 5 aromatic rings. The number of amides is 1. The largest absolute Gasteiger partial charge is 0.497 e. The van der Waals surface area contributed by atoms with Gasteiger partial charge in [0.25, 0.3) is 11.5 Å². The normalized spacial score (nSPS) is 11.4. The molecule has 1 heterocycles. The van der Waals surface area contributed by atoms with Crippen molar-refractivity contribution in [3.05, 3.63) is 124 Å². The third-order valence-electron chi connectivity index (χ3n) is 6.90. The van der Waals surface area contributed by atoms with Crippen LogP contribution in [0.3, 0.4) is 0 Å². The minimum absolute atomic E-state index is 0.0310. The quantitative estimate of drug-likeness (QED) is 0.256. The van der Waals surface area contributed by atoms with Crippen molar-refractivity contribution in [2.45, 2.75) is 12.7 Å². The fourth-order valence-electron chi connectivity index (χ4n) is 4.83. The smallest absolute Gasteiger partial charge is 0.416 e. The van der Waals surface area contributed by atoms with Gasteiger partial charge in [-0.1, -0.05) is 60.7 Å². The first kappa shape index (κ1) is 26.7. The monoisotopic (exact) mass is 542 g/mol. The Hall–Kier alpha value is -4.85. The molecule has 0 fully saturated rings. The Bertz CT molecular complexity index is 1760. The van der Waals surface area contributed by atoms with Gasteiger partial charge < -0.3 is 14.6 Å². The highest BCUT2D eigenvalue weighted by atomic mass is 19.4. The molecule has 40 heavy (non-hydrogen) atoms. The van der Waals surface area contributed by atoms with Crippen LogP contribution >= 0.6 is 0 Å². The zero-order valence-electron chi connectivity index (χ0n) is 21.8. The van der Waals surface area contributed by atoms with Gasteiger partial charge in [0.2, 0.25) is 0 Å². The van der Waals surface area contributed by atoms with Crippen LogP contribution in [0.25, 0.3) is 33.0 Å². The van der Waals surface area contributed by atoms with Crippen molar-refractivity contribution in [2.75, 3.05) is 7.11 Å². The number of methoxy groups -OCH3 is 1. The lowest BCUT2D eigenvalue weighted by molar-refractivity contribution is -0.137. The Morgan fingerprint density at radius 2 is 1.52 bits per heavy atom. The molecule has 0 atom stereocenters. The van der Waals surface area contributed by atoms with Crippen molar-refractivity contribution in [1.29, 1.82) is 0 Å². The molecule has 0 saturated heterocycles. The number of pyridine rings is 1. The van der Waals surface area contributed by atoms with Crippen molar-refractivity contribution in [2.24, 2.45) is 7.05 Å². The van der Waals surface area contributed by atoms with Gasteiger partial charge >= 0.3 is 6.18 Å². The van der Waals surface area contributed by atoms with Crippen molar-refractivity contribution in [3.63, 3.8) is 0 Å². The zero-order valence-corrected chi connectivity index (χ0v) is 21.8. The van der Waals surface area contributed by atoms with Gasteiger partial charge in [0.1, 0.15) is 5.75 Å². The van der Waals surface area contributed by atoms with Crippen LogP contribution in [-0.2, 0) is 19.8 Å². The highest BCUT2D eigenvalue weighted by molar-refractivity contribution is 6.01. The second-order valence-corrected chi connectivity index (χ2v) is 9.27. The van der Waals surface area contributed by atoms with E-state index < -0.39 is 17.6 Å². The predicted octanol–water partition coefficient (Wildman–Crippen LogP) is 6.83. The third-order valence-corrected chi connectivity index (χ3v) is 6.90. The van der Waals surface area contributed by atoms with Crippen molar-refractivity contribution in [3.8, 4) is 28.0 Å². The summed E-state index contributed by atoms with van der Waals surface area (Å²) in [6.07, 6.45) is -4.45. The molecule has 0 saturated carbocycles. The Morgan fingerprint density at radius 1 is 0.850 bits per heavy atom. The molecule has 1 aromatic heterocycles. The van der Waals surface area contributed by atoms with Gasteiger partial charge in [-0.2, -0.15) is 13.2 Å². The number of nitrogens with one attached hydrogen (secondary N) is 1. The number of alkyl halides is 3. The predicted molar refractivity (Wildman–Crippen MR) is 149 cm³/mol. The van der Waals surface area contributed by atoms with E-state index in [0.29, 0.717) is 38.9 Å². The number of halogens is 3. The molecule has 0 aliphatic carbocycles. The van der Waals surface area contributed by atoms with E-state index in [1.54, 1.807) is 50.6 Å². The van der Waals surface area contributed by atoms with E-state index in [1.165, 1.54) is 16.7 Å². The van der Waals surface area contributed by atoms with E-state index in [-0.39, 0.29) is 12.1 Å². The molecule has 202 valence electrons. The fraction of sp³-hybridized carbons (Fsp3) is 0.125. The molecule has 0 bridgehead atoms. The molecule has 8 heteroatoms. The Labute approximate surface area is 228 Å². The van der Waals surface area contributed by atoms with E-state index in [4.69, 9.17) is 4.74 Å². The molecule has 0 aliphatic heterocycles. The van der Waals surface area contributed by atoms with E-state index >= 15 is 0 Å². The lowest BCUT2D eigenvalue weighted by atomic mass is 9.96. The second-order valence-electron chi connectivity index (χ2n) is 9.27. The number of hydrogen-bond donors (Lipinski definition) is 1. The Kier molecular flexibility index (Phi) is 7.17. The lowest BCUT2D eigenvalue weighted by Gasteiger charge is -2.19. The summed E-state index contributed by atoms with van der Waals surface area (Å²) >= 11 is 0. The maximum atomic E-state index is 13.4. The summed E-state index contributed by atoms with van der Waals surface area (Å²) < 4.78 is 46.1. The summed E-state index contributed by atoms with van der Waals surface area (Å²) in [5.41, 5.74) is 2.54. The standard InChI is InChI=1S/C32H25F3N2O3/c1-37-28(29(21-8-4-3-5-9-21)27-18-23(40-2)16-17-26(27)31(37)39)19-36-30(38)25-11-7-6-10-24(25)20-12-14-22(15-13-20)32(33,34)35/h3-18H,19H2,1-2H3,(H,36,38). The van der Waals surface area contributed by atoms with Crippen LogP contribution in [0, 0.1) is 0 Å². The molecule has 1 N–H and O–H groups in total. The van der Waals surface area contributed by atoms with Gasteiger partial charge in [-0.15, -0.1) is 0 Å². The third kappa shape index (κ3) is 5.08. The average Bonchev–Trinajstić information content (AvgIpc) is 2.97. The van der Waals surface area contributed by atoms with Crippen LogP contribution < -0.4 is 15.6 Å².